The second-order valence-electron chi connectivity index (χ2n) is 6.20. The Kier molecular flexibility index (Phi) is 6.89. The SMILES string of the molecule is C=C(C)COCCNC(CN)c1ccc(C(C)(C)C)s1. The van der Waals surface area contributed by atoms with E-state index in [4.69, 9.17) is 10.5 Å². The summed E-state index contributed by atoms with van der Waals surface area (Å²) < 4.78 is 5.49. The third-order valence-corrected chi connectivity index (χ3v) is 4.56. The van der Waals surface area contributed by atoms with Crippen LogP contribution in [0.15, 0.2) is 24.3 Å². The molecule has 3 nitrogen and oxygen atoms in total. The Bertz CT molecular complexity index is 420. The van der Waals surface area contributed by atoms with Crippen LogP contribution in [-0.2, 0) is 10.2 Å². The molecule has 1 atom stereocenters. The highest BCUT2D eigenvalue weighted by atomic mass is 32.1. The van der Waals surface area contributed by atoms with Gasteiger partial charge < -0.3 is 15.8 Å². The van der Waals surface area contributed by atoms with Gasteiger partial charge in [0.2, 0.25) is 0 Å². The maximum Gasteiger partial charge on any atom is 0.0672 e. The van der Waals surface area contributed by atoms with Gasteiger partial charge >= 0.3 is 0 Å². The average molecular weight is 296 g/mol. The van der Waals surface area contributed by atoms with Crippen LogP contribution in [0.2, 0.25) is 0 Å². The zero-order chi connectivity index (χ0) is 15.2. The summed E-state index contributed by atoms with van der Waals surface area (Å²) in [5, 5.41) is 3.45. The topological polar surface area (TPSA) is 47.3 Å². The van der Waals surface area contributed by atoms with Crippen LogP contribution in [0.5, 0.6) is 0 Å². The van der Waals surface area contributed by atoms with Gasteiger partial charge in [0, 0.05) is 22.8 Å². The largest absolute Gasteiger partial charge is 0.376 e. The van der Waals surface area contributed by atoms with Crippen molar-refractivity contribution >= 4 is 11.3 Å². The molecule has 1 aromatic heterocycles. The quantitative estimate of drug-likeness (QED) is 0.572. The van der Waals surface area contributed by atoms with Gasteiger partial charge in [0.25, 0.3) is 0 Å². The van der Waals surface area contributed by atoms with Crippen molar-refractivity contribution in [3.8, 4) is 0 Å². The second-order valence-corrected chi connectivity index (χ2v) is 7.32. The molecule has 0 radical (unpaired) electrons. The molecule has 1 aromatic rings. The molecular formula is C16H28N2OS. The van der Waals surface area contributed by atoms with Crippen LogP contribution < -0.4 is 11.1 Å². The second kappa shape index (κ2) is 7.93. The number of hydrogen-bond donors (Lipinski definition) is 2. The number of ether oxygens (including phenoxy) is 1. The molecule has 1 unspecified atom stereocenters. The number of nitrogens with two attached hydrogens (primary N) is 1. The van der Waals surface area contributed by atoms with Gasteiger partial charge in [-0.1, -0.05) is 32.9 Å². The molecule has 1 heterocycles. The van der Waals surface area contributed by atoms with E-state index in [-0.39, 0.29) is 11.5 Å². The van der Waals surface area contributed by atoms with Crippen molar-refractivity contribution in [3.05, 3.63) is 34.0 Å². The molecule has 0 aromatic carbocycles. The smallest absolute Gasteiger partial charge is 0.0672 e. The monoisotopic (exact) mass is 296 g/mol. The Labute approximate surface area is 127 Å². The van der Waals surface area contributed by atoms with E-state index in [0.29, 0.717) is 19.8 Å². The summed E-state index contributed by atoms with van der Waals surface area (Å²) in [4.78, 5) is 2.70. The fraction of sp³-hybridized carbons (Fsp3) is 0.625. The van der Waals surface area contributed by atoms with Gasteiger partial charge in [-0.25, -0.2) is 0 Å². The van der Waals surface area contributed by atoms with Crippen molar-refractivity contribution in [3.63, 3.8) is 0 Å². The normalized spacial score (nSPS) is 13.4. The van der Waals surface area contributed by atoms with Crippen LogP contribution in [0, 0.1) is 0 Å². The Hall–Kier alpha value is -0.680. The Morgan fingerprint density at radius 1 is 1.45 bits per heavy atom. The first-order valence-corrected chi connectivity index (χ1v) is 7.92. The van der Waals surface area contributed by atoms with Crippen LogP contribution in [0.3, 0.4) is 0 Å². The summed E-state index contributed by atoms with van der Waals surface area (Å²) in [6, 6.07) is 4.61. The highest BCUT2D eigenvalue weighted by Crippen LogP contribution is 2.31. The van der Waals surface area contributed by atoms with Crippen LogP contribution in [-0.4, -0.2) is 26.3 Å². The lowest BCUT2D eigenvalue weighted by molar-refractivity contribution is 0.155. The Morgan fingerprint density at radius 2 is 2.15 bits per heavy atom. The number of hydrogen-bond acceptors (Lipinski definition) is 4. The lowest BCUT2D eigenvalue weighted by Crippen LogP contribution is -2.30. The molecule has 1 rings (SSSR count). The van der Waals surface area contributed by atoms with E-state index >= 15 is 0 Å². The molecule has 3 N–H and O–H groups in total. The van der Waals surface area contributed by atoms with Crippen molar-refractivity contribution < 1.29 is 4.74 Å². The first-order valence-electron chi connectivity index (χ1n) is 7.10. The fourth-order valence-electron chi connectivity index (χ4n) is 1.80. The highest BCUT2D eigenvalue weighted by Gasteiger charge is 2.18. The van der Waals surface area contributed by atoms with Gasteiger partial charge in [0.1, 0.15) is 0 Å². The van der Waals surface area contributed by atoms with Gasteiger partial charge in [-0.05, 0) is 24.5 Å². The molecule has 4 heteroatoms. The Balaban J connectivity index is 2.46. The lowest BCUT2D eigenvalue weighted by atomic mass is 9.95. The number of rotatable bonds is 8. The van der Waals surface area contributed by atoms with E-state index in [1.807, 2.05) is 18.3 Å². The minimum Gasteiger partial charge on any atom is -0.376 e. The van der Waals surface area contributed by atoms with Crippen LogP contribution in [0.1, 0.15) is 43.5 Å². The molecule has 0 aliphatic carbocycles. The van der Waals surface area contributed by atoms with Crippen molar-refractivity contribution in [2.24, 2.45) is 5.73 Å². The van der Waals surface area contributed by atoms with Crippen molar-refractivity contribution in [1.29, 1.82) is 0 Å². The summed E-state index contributed by atoms with van der Waals surface area (Å²) in [6.07, 6.45) is 0. The maximum absolute atomic E-state index is 5.88. The van der Waals surface area contributed by atoms with E-state index in [0.717, 1.165) is 12.1 Å². The Morgan fingerprint density at radius 3 is 2.65 bits per heavy atom. The predicted octanol–water partition coefficient (Wildman–Crippen LogP) is 3.23. The standard InChI is InChI=1S/C16H28N2OS/c1-12(2)11-19-9-8-18-13(10-17)14-6-7-15(20-14)16(3,4)5/h6-7,13,18H,1,8-11,17H2,2-5H3. The van der Waals surface area contributed by atoms with E-state index in [1.165, 1.54) is 9.75 Å². The van der Waals surface area contributed by atoms with Gasteiger partial charge in [-0.3, -0.25) is 0 Å². The summed E-state index contributed by atoms with van der Waals surface area (Å²) in [6.45, 7) is 15.2. The van der Waals surface area contributed by atoms with Crippen molar-refractivity contribution in [2.45, 2.75) is 39.2 Å². The molecule has 114 valence electrons. The van der Waals surface area contributed by atoms with E-state index in [9.17, 15) is 0 Å². The van der Waals surface area contributed by atoms with Gasteiger partial charge in [0.15, 0.2) is 0 Å². The third-order valence-electron chi connectivity index (χ3n) is 2.93. The molecule has 20 heavy (non-hydrogen) atoms. The average Bonchev–Trinajstić information content (AvgIpc) is 2.82. The summed E-state index contributed by atoms with van der Waals surface area (Å²) in [7, 11) is 0. The molecule has 0 spiro atoms. The molecular weight excluding hydrogens is 268 g/mol. The summed E-state index contributed by atoms with van der Waals surface area (Å²) in [5.74, 6) is 0. The molecule has 0 bridgehead atoms. The number of nitrogens with one attached hydrogen (secondary N) is 1. The summed E-state index contributed by atoms with van der Waals surface area (Å²) >= 11 is 1.84. The van der Waals surface area contributed by atoms with Crippen molar-refractivity contribution in [1.82, 2.24) is 5.32 Å². The highest BCUT2D eigenvalue weighted by molar-refractivity contribution is 7.12. The maximum atomic E-state index is 5.88. The van der Waals surface area contributed by atoms with E-state index in [2.05, 4.69) is 44.8 Å². The van der Waals surface area contributed by atoms with E-state index in [1.54, 1.807) is 0 Å². The first-order chi connectivity index (χ1) is 9.34. The number of thiophene rings is 1. The molecule has 0 saturated carbocycles. The summed E-state index contributed by atoms with van der Waals surface area (Å²) in [5.41, 5.74) is 7.13. The first kappa shape index (κ1) is 17.4. The minimum atomic E-state index is 0.201. The van der Waals surface area contributed by atoms with Crippen LogP contribution in [0.4, 0.5) is 0 Å². The van der Waals surface area contributed by atoms with Gasteiger partial charge in [-0.2, -0.15) is 0 Å². The minimum absolute atomic E-state index is 0.201. The van der Waals surface area contributed by atoms with Gasteiger partial charge in [-0.15, -0.1) is 11.3 Å². The molecule has 0 aliphatic rings. The van der Waals surface area contributed by atoms with Crippen molar-refractivity contribution in [2.75, 3.05) is 26.3 Å². The molecule has 0 saturated heterocycles. The predicted molar refractivity (Wildman–Crippen MR) is 88.5 cm³/mol. The zero-order valence-electron chi connectivity index (χ0n) is 13.2. The molecule has 0 aliphatic heterocycles. The molecule has 0 amide bonds. The fourth-order valence-corrected chi connectivity index (χ4v) is 2.95. The van der Waals surface area contributed by atoms with Crippen LogP contribution in [0.25, 0.3) is 0 Å². The lowest BCUT2D eigenvalue weighted by Gasteiger charge is -2.17. The van der Waals surface area contributed by atoms with Gasteiger partial charge in [0.05, 0.1) is 19.3 Å². The van der Waals surface area contributed by atoms with Crippen LogP contribution >= 0.6 is 11.3 Å². The molecule has 0 fully saturated rings. The third kappa shape index (κ3) is 5.75. The zero-order valence-corrected chi connectivity index (χ0v) is 14.0. The van der Waals surface area contributed by atoms with E-state index < -0.39 is 0 Å².